The molecule has 0 unspecified atom stereocenters. The van der Waals surface area contributed by atoms with Gasteiger partial charge in [-0.2, -0.15) is 0 Å². The number of allylic oxidation sites excluding steroid dienone is 2. The Hall–Kier alpha value is -1.11. The van der Waals surface area contributed by atoms with E-state index in [9.17, 15) is 4.57 Å². The highest BCUT2D eigenvalue weighted by molar-refractivity contribution is 9.10. The van der Waals surface area contributed by atoms with E-state index in [4.69, 9.17) is 0 Å². The summed E-state index contributed by atoms with van der Waals surface area (Å²) in [6.45, 7) is 4.28. The zero-order valence-corrected chi connectivity index (χ0v) is 15.4. The molecule has 0 bridgehead atoms. The third-order valence-corrected chi connectivity index (χ3v) is 9.18. The van der Waals surface area contributed by atoms with E-state index in [0.717, 1.165) is 22.4 Å². The fourth-order valence-corrected chi connectivity index (χ4v) is 7.49. The van der Waals surface area contributed by atoms with Crippen molar-refractivity contribution in [3.8, 4) is 0 Å². The van der Waals surface area contributed by atoms with Crippen LogP contribution in [0.3, 0.4) is 0 Å². The van der Waals surface area contributed by atoms with Gasteiger partial charge in [0.15, 0.2) is 0 Å². The van der Waals surface area contributed by atoms with Gasteiger partial charge in [0.2, 0.25) is 0 Å². The number of hydrogen-bond donors (Lipinski definition) is 0. The van der Waals surface area contributed by atoms with Crippen molar-refractivity contribution in [1.29, 1.82) is 0 Å². The molecule has 1 nitrogen and oxygen atoms in total. The van der Waals surface area contributed by atoms with Crippen LogP contribution in [-0.2, 0) is 11.0 Å². The maximum Gasteiger partial charge on any atom is 0.126 e. The molecule has 1 heterocycles. The minimum Gasteiger partial charge on any atom is -0.318 e. The lowest BCUT2D eigenvalue weighted by atomic mass is 10.0. The molecule has 0 aromatic heterocycles. The van der Waals surface area contributed by atoms with Crippen molar-refractivity contribution < 1.29 is 4.57 Å². The van der Waals surface area contributed by atoms with E-state index < -0.39 is 7.14 Å². The zero-order valence-electron chi connectivity index (χ0n) is 12.9. The molecule has 0 saturated carbocycles. The second kappa shape index (κ2) is 6.18. The van der Waals surface area contributed by atoms with Gasteiger partial charge < -0.3 is 4.57 Å². The van der Waals surface area contributed by atoms with Gasteiger partial charge in [-0.3, -0.25) is 0 Å². The molecule has 0 fully saturated rings. The predicted molar refractivity (Wildman–Crippen MR) is 98.6 cm³/mol. The first kappa shape index (κ1) is 15.8. The summed E-state index contributed by atoms with van der Waals surface area (Å²) in [5, 5.41) is 1.02. The van der Waals surface area contributed by atoms with E-state index in [0.29, 0.717) is 0 Å². The monoisotopic (exact) mass is 374 g/mol. The minimum atomic E-state index is -2.43. The molecule has 0 saturated heterocycles. The van der Waals surface area contributed by atoms with Crippen LogP contribution in [0.4, 0.5) is 0 Å². The highest BCUT2D eigenvalue weighted by Gasteiger charge is 2.41. The lowest BCUT2D eigenvalue weighted by molar-refractivity contribution is 0.578. The Balaban J connectivity index is 2.02. The van der Waals surface area contributed by atoms with E-state index in [1.54, 1.807) is 0 Å². The van der Waals surface area contributed by atoms with Crippen molar-refractivity contribution in [2.75, 3.05) is 6.16 Å². The summed E-state index contributed by atoms with van der Waals surface area (Å²) in [6, 6.07) is 18.3. The molecule has 0 radical (unpaired) electrons. The van der Waals surface area contributed by atoms with Crippen molar-refractivity contribution in [3.63, 3.8) is 0 Å². The molecule has 0 spiro atoms. The smallest absolute Gasteiger partial charge is 0.126 e. The van der Waals surface area contributed by atoms with Gasteiger partial charge in [-0.1, -0.05) is 75.6 Å². The molecule has 3 heteroatoms. The summed E-state index contributed by atoms with van der Waals surface area (Å²) in [7, 11) is -2.43. The first-order valence-corrected chi connectivity index (χ1v) is 10.3. The zero-order chi connectivity index (χ0) is 15.7. The Morgan fingerprint density at radius 1 is 1.05 bits per heavy atom. The summed E-state index contributed by atoms with van der Waals surface area (Å²) < 4.78 is 14.9. The minimum absolute atomic E-state index is 0.119. The molecule has 2 atom stereocenters. The summed E-state index contributed by atoms with van der Waals surface area (Å²) in [4.78, 5) is 0. The normalized spacial score (nSPS) is 24.8. The van der Waals surface area contributed by atoms with E-state index in [2.05, 4.69) is 41.9 Å². The highest BCUT2D eigenvalue weighted by Crippen LogP contribution is 2.59. The van der Waals surface area contributed by atoms with Gasteiger partial charge in [-0.25, -0.2) is 0 Å². The average Bonchev–Trinajstić information content (AvgIpc) is 2.75. The van der Waals surface area contributed by atoms with E-state index in [-0.39, 0.29) is 5.66 Å². The maximum atomic E-state index is 13.8. The van der Waals surface area contributed by atoms with Crippen molar-refractivity contribution >= 4 is 28.4 Å². The summed E-state index contributed by atoms with van der Waals surface area (Å²) in [6.07, 6.45) is 1.55. The molecular formula is C19H20BrOP. The molecule has 0 N–H and O–H groups in total. The Morgan fingerprint density at radius 2 is 1.68 bits per heavy atom. The van der Waals surface area contributed by atoms with Crippen molar-refractivity contribution in [3.05, 3.63) is 75.8 Å². The SMILES string of the molecule is CC1=C(C)[C@@H](Cc2ccccc2Br)[P@](=O)(c2ccccc2)C1. The summed E-state index contributed by atoms with van der Waals surface area (Å²) in [5.41, 5.74) is 3.96. The van der Waals surface area contributed by atoms with Crippen molar-refractivity contribution in [2.45, 2.75) is 25.9 Å². The summed E-state index contributed by atoms with van der Waals surface area (Å²) >= 11 is 3.63. The molecular weight excluding hydrogens is 355 g/mol. The maximum absolute atomic E-state index is 13.8. The molecule has 0 aliphatic carbocycles. The molecule has 0 amide bonds. The van der Waals surface area contributed by atoms with Gasteiger partial charge in [0.05, 0.1) is 0 Å². The van der Waals surface area contributed by atoms with Crippen LogP contribution in [0.15, 0.2) is 70.2 Å². The van der Waals surface area contributed by atoms with Crippen molar-refractivity contribution in [2.24, 2.45) is 0 Å². The van der Waals surface area contributed by atoms with Crippen LogP contribution >= 0.6 is 23.1 Å². The molecule has 1 aliphatic heterocycles. The van der Waals surface area contributed by atoms with Gasteiger partial charge in [-0.05, 0) is 31.9 Å². The van der Waals surface area contributed by atoms with E-state index in [1.807, 2.05) is 42.5 Å². The standard InChI is InChI=1S/C19H20BrOP/c1-14-13-22(21,17-9-4-3-5-10-17)19(15(14)2)12-16-8-6-7-11-18(16)20/h3-11,19H,12-13H2,1-2H3/t19-,22-/m1/s1. The number of benzene rings is 2. The van der Waals surface area contributed by atoms with Crippen LogP contribution in [0.2, 0.25) is 0 Å². The number of rotatable bonds is 3. The Labute approximate surface area is 141 Å². The first-order valence-electron chi connectivity index (χ1n) is 7.56. The third-order valence-electron chi connectivity index (χ3n) is 4.71. The van der Waals surface area contributed by atoms with Crippen LogP contribution in [0.25, 0.3) is 0 Å². The van der Waals surface area contributed by atoms with Crippen molar-refractivity contribution in [1.82, 2.24) is 0 Å². The average molecular weight is 375 g/mol. The third kappa shape index (κ3) is 2.75. The predicted octanol–water partition coefficient (Wildman–Crippen LogP) is 5.40. The van der Waals surface area contributed by atoms with Gasteiger partial charge in [-0.15, -0.1) is 0 Å². The van der Waals surface area contributed by atoms with Crippen LogP contribution in [-0.4, -0.2) is 11.8 Å². The number of hydrogen-bond acceptors (Lipinski definition) is 1. The topological polar surface area (TPSA) is 17.1 Å². The summed E-state index contributed by atoms with van der Waals surface area (Å²) in [5.74, 6) is 0. The van der Waals surface area contributed by atoms with Gasteiger partial charge in [0.1, 0.15) is 7.14 Å². The van der Waals surface area contributed by atoms with E-state index in [1.165, 1.54) is 16.7 Å². The second-order valence-corrected chi connectivity index (χ2v) is 9.97. The molecule has 2 aromatic rings. The Morgan fingerprint density at radius 3 is 2.36 bits per heavy atom. The molecule has 2 aromatic carbocycles. The highest BCUT2D eigenvalue weighted by atomic mass is 79.9. The van der Waals surface area contributed by atoms with Crippen LogP contribution < -0.4 is 5.30 Å². The van der Waals surface area contributed by atoms with E-state index >= 15 is 0 Å². The van der Waals surface area contributed by atoms with Crippen LogP contribution in [0.5, 0.6) is 0 Å². The quantitative estimate of drug-likeness (QED) is 0.519. The van der Waals surface area contributed by atoms with Crippen LogP contribution in [0.1, 0.15) is 19.4 Å². The lowest BCUT2D eigenvalue weighted by Gasteiger charge is -2.23. The fourth-order valence-electron chi connectivity index (χ4n) is 3.31. The van der Waals surface area contributed by atoms with Gasteiger partial charge in [0.25, 0.3) is 0 Å². The molecule has 22 heavy (non-hydrogen) atoms. The Bertz CT molecular complexity index is 764. The molecule has 114 valence electrons. The molecule has 1 aliphatic rings. The largest absolute Gasteiger partial charge is 0.318 e. The van der Waals surface area contributed by atoms with Gasteiger partial charge >= 0.3 is 0 Å². The lowest BCUT2D eigenvalue weighted by Crippen LogP contribution is -2.18. The van der Waals surface area contributed by atoms with Crippen LogP contribution in [0, 0.1) is 0 Å². The molecule has 3 rings (SSSR count). The first-order chi connectivity index (χ1) is 10.5. The second-order valence-electron chi connectivity index (χ2n) is 6.06. The fraction of sp³-hybridized carbons (Fsp3) is 0.263. The Kier molecular flexibility index (Phi) is 4.43. The number of halogens is 1. The van der Waals surface area contributed by atoms with Gasteiger partial charge in [0, 0.05) is 21.6 Å².